The summed E-state index contributed by atoms with van der Waals surface area (Å²) in [6, 6.07) is 5.46. The molecule has 0 spiro atoms. The van der Waals surface area contributed by atoms with Crippen LogP contribution in [-0.4, -0.2) is 53.0 Å². The van der Waals surface area contributed by atoms with E-state index < -0.39 is 18.0 Å². The third-order valence-corrected chi connectivity index (χ3v) is 6.46. The molecule has 11 heteroatoms. The fourth-order valence-electron chi connectivity index (χ4n) is 4.63. The van der Waals surface area contributed by atoms with Gasteiger partial charge in [-0.15, -0.1) is 0 Å². The minimum Gasteiger partial charge on any atom is -0.350 e. The Kier molecular flexibility index (Phi) is 6.87. The predicted molar refractivity (Wildman–Crippen MR) is 121 cm³/mol. The Morgan fingerprint density at radius 1 is 1.29 bits per heavy atom. The molecule has 1 fully saturated rings. The van der Waals surface area contributed by atoms with E-state index in [4.69, 9.17) is 5.26 Å². The van der Waals surface area contributed by atoms with E-state index in [0.717, 1.165) is 44.6 Å². The number of nitrogens with zero attached hydrogens (tertiary/aromatic N) is 5. The maximum Gasteiger partial charge on any atom is 0.417 e. The van der Waals surface area contributed by atoms with Crippen LogP contribution in [0.3, 0.4) is 0 Å². The van der Waals surface area contributed by atoms with Crippen LogP contribution in [0.1, 0.15) is 37.3 Å². The summed E-state index contributed by atoms with van der Waals surface area (Å²) in [6.07, 6.45) is 1.53. The van der Waals surface area contributed by atoms with Crippen molar-refractivity contribution >= 4 is 22.9 Å². The molecule has 34 heavy (non-hydrogen) atoms. The Morgan fingerprint density at radius 3 is 2.71 bits per heavy atom. The molecule has 2 atom stereocenters. The molecular weight excluding hydrogens is 445 g/mol. The van der Waals surface area contributed by atoms with Crippen molar-refractivity contribution in [2.45, 2.75) is 44.7 Å². The quantitative estimate of drug-likeness (QED) is 0.558. The van der Waals surface area contributed by atoms with Crippen molar-refractivity contribution in [2.24, 2.45) is 10.9 Å². The van der Waals surface area contributed by atoms with E-state index in [1.165, 1.54) is 6.21 Å². The van der Waals surface area contributed by atoms with Crippen LogP contribution in [0, 0.1) is 28.6 Å². The number of pyridine rings is 1. The normalized spacial score (nSPS) is 20.7. The number of nitriles is 2. The molecule has 0 aromatic carbocycles. The standard InChI is InChI=1S/C23H25F3N8/c1-2-19(14-3-6-34(7-4-14)8-5-27)32-22-31-11-15(10-28)20(33-22)18-13-30-21-17(18)9-16(12-29-21)23(24,25)26/h9,11-14,19,22,32-33H,2-4,6-8H2,1H3,(H,29,30). The number of aromatic nitrogens is 2. The van der Waals surface area contributed by atoms with E-state index in [1.807, 2.05) is 0 Å². The molecule has 2 aliphatic rings. The predicted octanol–water partition coefficient (Wildman–Crippen LogP) is 3.38. The second-order valence-corrected chi connectivity index (χ2v) is 8.50. The van der Waals surface area contributed by atoms with Crippen molar-refractivity contribution in [3.63, 3.8) is 0 Å². The van der Waals surface area contributed by atoms with E-state index in [9.17, 15) is 18.4 Å². The first kappa shape index (κ1) is 23.7. The number of fused-ring (bicyclic) bond motifs is 1. The van der Waals surface area contributed by atoms with Crippen LogP contribution in [-0.2, 0) is 6.18 Å². The van der Waals surface area contributed by atoms with Gasteiger partial charge in [0, 0.05) is 35.6 Å². The smallest absolute Gasteiger partial charge is 0.350 e. The highest BCUT2D eigenvalue weighted by Gasteiger charge is 2.32. The number of rotatable bonds is 6. The third kappa shape index (κ3) is 4.91. The van der Waals surface area contributed by atoms with Gasteiger partial charge in [0.25, 0.3) is 0 Å². The zero-order valence-corrected chi connectivity index (χ0v) is 18.7. The molecule has 1 saturated heterocycles. The minimum atomic E-state index is -4.52. The highest BCUT2D eigenvalue weighted by molar-refractivity contribution is 6.01. The van der Waals surface area contributed by atoms with Crippen molar-refractivity contribution < 1.29 is 13.2 Å². The highest BCUT2D eigenvalue weighted by Crippen LogP contribution is 2.33. The molecule has 178 valence electrons. The molecule has 4 heterocycles. The molecule has 0 aliphatic carbocycles. The summed E-state index contributed by atoms with van der Waals surface area (Å²) in [5.41, 5.74) is 0.515. The maximum absolute atomic E-state index is 13.2. The summed E-state index contributed by atoms with van der Waals surface area (Å²) in [5, 5.41) is 25.5. The first-order valence-electron chi connectivity index (χ1n) is 11.2. The number of piperidine rings is 1. The molecule has 2 unspecified atom stereocenters. The fraction of sp³-hybridized carbons (Fsp3) is 0.478. The van der Waals surface area contributed by atoms with Crippen LogP contribution in [0.2, 0.25) is 0 Å². The number of alkyl halides is 3. The Morgan fingerprint density at radius 2 is 2.06 bits per heavy atom. The zero-order valence-electron chi connectivity index (χ0n) is 18.7. The number of hydrogen-bond acceptors (Lipinski definition) is 7. The van der Waals surface area contributed by atoms with E-state index in [2.05, 4.69) is 49.6 Å². The molecular formula is C23H25F3N8. The van der Waals surface area contributed by atoms with Crippen LogP contribution >= 0.6 is 0 Å². The summed E-state index contributed by atoms with van der Waals surface area (Å²) in [6.45, 7) is 4.26. The Hall–Kier alpha value is -3.41. The van der Waals surface area contributed by atoms with Gasteiger partial charge in [-0.3, -0.25) is 15.2 Å². The lowest BCUT2D eigenvalue weighted by molar-refractivity contribution is -0.137. The van der Waals surface area contributed by atoms with Crippen molar-refractivity contribution in [3.05, 3.63) is 35.2 Å². The van der Waals surface area contributed by atoms with E-state index in [-0.39, 0.29) is 17.0 Å². The number of halogens is 3. The van der Waals surface area contributed by atoms with E-state index >= 15 is 0 Å². The van der Waals surface area contributed by atoms with Crippen LogP contribution < -0.4 is 10.6 Å². The number of allylic oxidation sites excluding steroid dienone is 1. The zero-order chi connectivity index (χ0) is 24.3. The molecule has 8 nitrogen and oxygen atoms in total. The monoisotopic (exact) mass is 470 g/mol. The Bertz CT molecular complexity index is 1180. The summed E-state index contributed by atoms with van der Waals surface area (Å²) < 4.78 is 39.7. The van der Waals surface area contributed by atoms with Crippen molar-refractivity contribution in [1.29, 1.82) is 10.5 Å². The largest absolute Gasteiger partial charge is 0.417 e. The molecule has 0 amide bonds. The number of H-pyrrole nitrogens is 1. The van der Waals surface area contributed by atoms with Crippen molar-refractivity contribution in [3.8, 4) is 12.1 Å². The van der Waals surface area contributed by atoms with Gasteiger partial charge in [0.15, 0.2) is 6.29 Å². The Balaban J connectivity index is 1.54. The molecule has 0 radical (unpaired) electrons. The van der Waals surface area contributed by atoms with Gasteiger partial charge in [-0.05, 0) is 44.3 Å². The average molecular weight is 471 g/mol. The molecule has 3 N–H and O–H groups in total. The molecule has 2 aliphatic heterocycles. The lowest BCUT2D eigenvalue weighted by atomic mass is 9.88. The van der Waals surface area contributed by atoms with E-state index in [1.54, 1.807) is 6.20 Å². The number of aliphatic imine (C=N–C) groups is 1. The van der Waals surface area contributed by atoms with Crippen LogP contribution in [0.15, 0.2) is 29.0 Å². The van der Waals surface area contributed by atoms with Crippen LogP contribution in [0.4, 0.5) is 13.2 Å². The van der Waals surface area contributed by atoms with Crippen molar-refractivity contribution in [1.82, 2.24) is 25.5 Å². The van der Waals surface area contributed by atoms with Gasteiger partial charge in [0.05, 0.1) is 29.4 Å². The first-order chi connectivity index (χ1) is 16.3. The van der Waals surface area contributed by atoms with E-state index in [0.29, 0.717) is 29.4 Å². The summed E-state index contributed by atoms with van der Waals surface area (Å²) in [5.74, 6) is 0.411. The van der Waals surface area contributed by atoms with Gasteiger partial charge < -0.3 is 10.3 Å². The van der Waals surface area contributed by atoms with Crippen LogP contribution in [0.25, 0.3) is 16.7 Å². The Labute approximate surface area is 195 Å². The lowest BCUT2D eigenvalue weighted by Crippen LogP contribution is -2.51. The highest BCUT2D eigenvalue weighted by atomic mass is 19.4. The van der Waals surface area contributed by atoms with Crippen LogP contribution in [0.5, 0.6) is 0 Å². The van der Waals surface area contributed by atoms with Gasteiger partial charge in [-0.25, -0.2) is 4.98 Å². The van der Waals surface area contributed by atoms with Crippen molar-refractivity contribution in [2.75, 3.05) is 19.6 Å². The lowest BCUT2D eigenvalue weighted by Gasteiger charge is -2.37. The first-order valence-corrected chi connectivity index (χ1v) is 11.2. The van der Waals surface area contributed by atoms with Gasteiger partial charge in [-0.2, -0.15) is 23.7 Å². The third-order valence-electron chi connectivity index (χ3n) is 6.46. The minimum absolute atomic E-state index is 0.158. The molecule has 2 aromatic heterocycles. The molecule has 4 rings (SSSR count). The number of nitrogens with one attached hydrogen (secondary N) is 3. The fourth-order valence-corrected chi connectivity index (χ4v) is 4.63. The summed E-state index contributed by atoms with van der Waals surface area (Å²) >= 11 is 0. The van der Waals surface area contributed by atoms with Gasteiger partial charge >= 0.3 is 6.18 Å². The SMILES string of the molecule is CCC(NC1N=CC(C#N)=C(c2c[nH]c3ncc(C(F)(F)F)cc23)N1)C1CCN(CC#N)CC1. The number of aromatic amines is 1. The maximum atomic E-state index is 13.2. The molecule has 0 bridgehead atoms. The second-order valence-electron chi connectivity index (χ2n) is 8.50. The topological polar surface area (TPSA) is 116 Å². The summed E-state index contributed by atoms with van der Waals surface area (Å²) in [4.78, 5) is 13.3. The molecule has 2 aromatic rings. The molecule has 0 saturated carbocycles. The van der Waals surface area contributed by atoms with Gasteiger partial charge in [0.1, 0.15) is 11.7 Å². The average Bonchev–Trinajstić information content (AvgIpc) is 3.26. The number of hydrogen-bond donors (Lipinski definition) is 3. The van der Waals surface area contributed by atoms with Gasteiger partial charge in [0.2, 0.25) is 0 Å². The second kappa shape index (κ2) is 9.84. The number of likely N-dealkylation sites (tertiary alicyclic amines) is 1. The van der Waals surface area contributed by atoms with Gasteiger partial charge in [-0.1, -0.05) is 6.92 Å². The summed E-state index contributed by atoms with van der Waals surface area (Å²) in [7, 11) is 0.